The van der Waals surface area contributed by atoms with E-state index >= 15 is 0 Å². The Balaban J connectivity index is 1.85. The Bertz CT molecular complexity index is 918. The van der Waals surface area contributed by atoms with Crippen LogP contribution in [0.3, 0.4) is 0 Å². The number of nitrogens with zero attached hydrogens (tertiary/aromatic N) is 1. The predicted molar refractivity (Wildman–Crippen MR) is 111 cm³/mol. The minimum Gasteiger partial charge on any atom is -0.493 e. The number of ether oxygens (including phenoxy) is 3. The monoisotopic (exact) mass is 433 g/mol. The van der Waals surface area contributed by atoms with E-state index in [-0.39, 0.29) is 12.3 Å². The molecule has 0 aromatic heterocycles. The van der Waals surface area contributed by atoms with Crippen molar-refractivity contribution in [2.24, 2.45) is 5.92 Å². The molecule has 0 radical (unpaired) electrons. The number of likely N-dealkylation sites (tertiary alicyclic amines) is 1. The highest BCUT2D eigenvalue weighted by Gasteiger charge is 2.44. The fourth-order valence-electron chi connectivity index (χ4n) is 3.65. The van der Waals surface area contributed by atoms with Crippen LogP contribution < -0.4 is 9.47 Å². The third kappa shape index (κ3) is 4.86. The Hall–Kier alpha value is -2.77. The van der Waals surface area contributed by atoms with Crippen LogP contribution in [-0.4, -0.2) is 49.3 Å². The maximum absolute atomic E-state index is 12.4. The van der Waals surface area contributed by atoms with E-state index in [1.54, 1.807) is 36.3 Å². The molecule has 7 nitrogen and oxygen atoms in total. The molecule has 3 rings (SSSR count). The highest BCUT2D eigenvalue weighted by atomic mass is 35.5. The lowest BCUT2D eigenvalue weighted by molar-refractivity contribution is -0.142. The summed E-state index contributed by atoms with van der Waals surface area (Å²) in [6, 6.07) is 12.0. The topological polar surface area (TPSA) is 85.3 Å². The van der Waals surface area contributed by atoms with E-state index in [1.807, 2.05) is 18.2 Å². The molecule has 0 saturated carbocycles. The van der Waals surface area contributed by atoms with Crippen molar-refractivity contribution in [3.63, 3.8) is 0 Å². The van der Waals surface area contributed by atoms with Gasteiger partial charge in [0.15, 0.2) is 11.5 Å². The number of hydrogen-bond donors (Lipinski definition) is 1. The molecule has 0 bridgehead atoms. The predicted octanol–water partition coefficient (Wildman–Crippen LogP) is 3.55. The van der Waals surface area contributed by atoms with Crippen LogP contribution >= 0.6 is 11.6 Å². The Morgan fingerprint density at radius 3 is 2.67 bits per heavy atom. The van der Waals surface area contributed by atoms with Crippen LogP contribution in [0.25, 0.3) is 0 Å². The SMILES string of the molecule is COCCN1C(=O)CC(C(=O)O)C1c1ccc(OCc2cccc(Cl)c2)c(OC)c1. The number of rotatable bonds is 9. The Kier molecular flexibility index (Phi) is 7.18. The molecule has 2 aromatic carbocycles. The number of aliphatic carboxylic acids is 1. The van der Waals surface area contributed by atoms with Crippen molar-refractivity contribution in [1.29, 1.82) is 0 Å². The first-order valence-electron chi connectivity index (χ1n) is 9.51. The van der Waals surface area contributed by atoms with Crippen LogP contribution in [0.4, 0.5) is 0 Å². The fourth-order valence-corrected chi connectivity index (χ4v) is 3.87. The number of carboxylic acid groups (broad SMARTS) is 1. The molecule has 1 heterocycles. The number of carboxylic acids is 1. The van der Waals surface area contributed by atoms with Gasteiger partial charge in [-0.3, -0.25) is 9.59 Å². The highest BCUT2D eigenvalue weighted by Crippen LogP contribution is 2.41. The number of amides is 1. The fraction of sp³-hybridized carbons (Fsp3) is 0.364. The summed E-state index contributed by atoms with van der Waals surface area (Å²) in [7, 11) is 3.06. The van der Waals surface area contributed by atoms with Gasteiger partial charge in [-0.2, -0.15) is 0 Å². The molecule has 30 heavy (non-hydrogen) atoms. The van der Waals surface area contributed by atoms with Gasteiger partial charge in [0.05, 0.1) is 25.7 Å². The molecule has 1 fully saturated rings. The molecule has 8 heteroatoms. The van der Waals surface area contributed by atoms with Crippen LogP contribution in [0.2, 0.25) is 5.02 Å². The average Bonchev–Trinajstić information content (AvgIpc) is 3.07. The summed E-state index contributed by atoms with van der Waals surface area (Å²) < 4.78 is 16.4. The number of benzene rings is 2. The summed E-state index contributed by atoms with van der Waals surface area (Å²) in [5.74, 6) is -1.07. The lowest BCUT2D eigenvalue weighted by Crippen LogP contribution is -2.33. The minimum absolute atomic E-state index is 0.0426. The van der Waals surface area contributed by atoms with Crippen molar-refractivity contribution < 1.29 is 28.9 Å². The van der Waals surface area contributed by atoms with E-state index in [1.165, 1.54) is 7.11 Å². The molecule has 2 atom stereocenters. The molecule has 1 amide bonds. The molecule has 1 aliphatic rings. The first-order valence-corrected chi connectivity index (χ1v) is 9.88. The zero-order valence-corrected chi connectivity index (χ0v) is 17.6. The van der Waals surface area contributed by atoms with E-state index in [9.17, 15) is 14.7 Å². The van der Waals surface area contributed by atoms with Crippen LogP contribution in [0.1, 0.15) is 23.6 Å². The summed E-state index contributed by atoms with van der Waals surface area (Å²) in [5.41, 5.74) is 1.59. The Morgan fingerprint density at radius 2 is 2.00 bits per heavy atom. The molecular weight excluding hydrogens is 410 g/mol. The molecule has 2 unspecified atom stereocenters. The van der Waals surface area contributed by atoms with Crippen molar-refractivity contribution >= 4 is 23.5 Å². The van der Waals surface area contributed by atoms with Crippen LogP contribution in [-0.2, 0) is 20.9 Å². The van der Waals surface area contributed by atoms with Gasteiger partial charge in [-0.1, -0.05) is 29.8 Å². The second-order valence-electron chi connectivity index (χ2n) is 7.00. The normalized spacial score (nSPS) is 18.5. The molecular formula is C22H24ClNO6. The standard InChI is InChI=1S/C22H24ClNO6/c1-28-9-8-24-20(25)12-17(22(26)27)21(24)15-6-7-18(19(11-15)29-2)30-13-14-4-3-5-16(23)10-14/h3-7,10-11,17,21H,8-9,12-13H2,1-2H3,(H,26,27). The molecule has 1 saturated heterocycles. The summed E-state index contributed by atoms with van der Waals surface area (Å²) in [4.78, 5) is 25.8. The molecule has 0 aliphatic carbocycles. The quantitative estimate of drug-likeness (QED) is 0.651. The van der Waals surface area contributed by atoms with E-state index in [2.05, 4.69) is 0 Å². The zero-order chi connectivity index (χ0) is 21.7. The number of carbonyl (C=O) groups is 2. The van der Waals surface area contributed by atoms with E-state index in [0.29, 0.717) is 41.8 Å². The van der Waals surface area contributed by atoms with Crippen molar-refractivity contribution in [1.82, 2.24) is 4.90 Å². The van der Waals surface area contributed by atoms with Crippen molar-refractivity contribution in [3.8, 4) is 11.5 Å². The zero-order valence-electron chi connectivity index (χ0n) is 16.8. The van der Waals surface area contributed by atoms with Gasteiger partial charge in [-0.15, -0.1) is 0 Å². The highest BCUT2D eigenvalue weighted by molar-refractivity contribution is 6.30. The largest absolute Gasteiger partial charge is 0.493 e. The number of carbonyl (C=O) groups excluding carboxylic acids is 1. The van der Waals surface area contributed by atoms with Crippen LogP contribution in [0.5, 0.6) is 11.5 Å². The van der Waals surface area contributed by atoms with Gasteiger partial charge in [-0.05, 0) is 35.4 Å². The summed E-state index contributed by atoms with van der Waals surface area (Å²) in [5, 5.41) is 10.3. The number of halogens is 1. The summed E-state index contributed by atoms with van der Waals surface area (Å²) >= 11 is 6.01. The van der Waals surface area contributed by atoms with Gasteiger partial charge in [0.2, 0.25) is 5.91 Å². The van der Waals surface area contributed by atoms with Crippen molar-refractivity contribution in [2.45, 2.75) is 19.1 Å². The van der Waals surface area contributed by atoms with Crippen LogP contribution in [0.15, 0.2) is 42.5 Å². The lowest BCUT2D eigenvalue weighted by Gasteiger charge is -2.27. The third-order valence-corrected chi connectivity index (χ3v) is 5.33. The van der Waals surface area contributed by atoms with Gasteiger partial charge in [0.1, 0.15) is 6.61 Å². The molecule has 1 aliphatic heterocycles. The van der Waals surface area contributed by atoms with Gasteiger partial charge in [0.25, 0.3) is 0 Å². The number of methoxy groups -OCH3 is 2. The lowest BCUT2D eigenvalue weighted by atomic mass is 9.93. The first kappa shape index (κ1) is 21.9. The van der Waals surface area contributed by atoms with Crippen molar-refractivity contribution in [2.75, 3.05) is 27.4 Å². The molecule has 0 spiro atoms. The van der Waals surface area contributed by atoms with Gasteiger partial charge >= 0.3 is 5.97 Å². The van der Waals surface area contributed by atoms with E-state index in [4.69, 9.17) is 25.8 Å². The second-order valence-corrected chi connectivity index (χ2v) is 7.44. The second kappa shape index (κ2) is 9.82. The maximum Gasteiger partial charge on any atom is 0.309 e. The average molecular weight is 434 g/mol. The number of hydrogen-bond acceptors (Lipinski definition) is 5. The first-order chi connectivity index (χ1) is 14.4. The van der Waals surface area contributed by atoms with E-state index in [0.717, 1.165) is 5.56 Å². The van der Waals surface area contributed by atoms with Gasteiger partial charge < -0.3 is 24.2 Å². The third-order valence-electron chi connectivity index (χ3n) is 5.10. The minimum atomic E-state index is -1.01. The smallest absolute Gasteiger partial charge is 0.309 e. The van der Waals surface area contributed by atoms with Crippen molar-refractivity contribution in [3.05, 3.63) is 58.6 Å². The molecule has 1 N–H and O–H groups in total. The molecule has 2 aromatic rings. The van der Waals surface area contributed by atoms with E-state index < -0.39 is 17.9 Å². The van der Waals surface area contributed by atoms with Gasteiger partial charge in [0, 0.05) is 25.1 Å². The summed E-state index contributed by atoms with van der Waals surface area (Å²) in [6.45, 7) is 0.946. The Labute approximate surface area is 180 Å². The summed E-state index contributed by atoms with van der Waals surface area (Å²) in [6.07, 6.45) is -0.0426. The molecule has 160 valence electrons. The maximum atomic E-state index is 12.4. The van der Waals surface area contributed by atoms with Gasteiger partial charge in [-0.25, -0.2) is 0 Å². The van der Waals surface area contributed by atoms with Crippen LogP contribution in [0, 0.1) is 5.92 Å². The Morgan fingerprint density at radius 1 is 1.20 bits per heavy atom.